The molecule has 1 heterocycles. The van der Waals surface area contributed by atoms with Crippen molar-refractivity contribution in [3.05, 3.63) is 62.2 Å². The fourth-order valence-electron chi connectivity index (χ4n) is 2.42. The van der Waals surface area contributed by atoms with Gasteiger partial charge in [-0.15, -0.1) is 0 Å². The molecule has 0 radical (unpaired) electrons. The summed E-state index contributed by atoms with van der Waals surface area (Å²) in [7, 11) is 0. The number of fused-ring (bicyclic) bond motifs is 1. The summed E-state index contributed by atoms with van der Waals surface area (Å²) in [6.07, 6.45) is 0.909. The first-order chi connectivity index (χ1) is 11.1. The van der Waals surface area contributed by atoms with Crippen molar-refractivity contribution in [2.24, 2.45) is 0 Å². The Hall–Kier alpha value is -1.92. The van der Waals surface area contributed by atoms with Gasteiger partial charge in [0.1, 0.15) is 0 Å². The number of nitrogens with one attached hydrogen (secondary N) is 1. The molecule has 0 saturated carbocycles. The molecule has 118 valence electrons. The van der Waals surface area contributed by atoms with Crippen molar-refractivity contribution in [1.29, 1.82) is 0 Å². The summed E-state index contributed by atoms with van der Waals surface area (Å²) in [6, 6.07) is 12.8. The Labute approximate surface area is 145 Å². The molecule has 1 N–H and O–H groups in total. The number of hydrogen-bond donors (Lipinski definition) is 1. The minimum absolute atomic E-state index is 0.0381. The largest absolute Gasteiger partial charge is 0.322 e. The number of hydrogen-bond acceptors (Lipinski definition) is 3. The number of carbonyl (C=O) groups is 1. The zero-order chi connectivity index (χ0) is 16.4. The van der Waals surface area contributed by atoms with Crippen molar-refractivity contribution in [3.8, 4) is 0 Å². The fourth-order valence-corrected chi connectivity index (χ4v) is 3.84. The van der Waals surface area contributed by atoms with Gasteiger partial charge < -0.3 is 5.32 Å². The molecular formula is C17H15BrN2O2S. The summed E-state index contributed by atoms with van der Waals surface area (Å²) >= 11 is 4.58. The van der Waals surface area contributed by atoms with Crippen molar-refractivity contribution in [2.45, 2.75) is 19.9 Å². The third kappa shape index (κ3) is 3.23. The van der Waals surface area contributed by atoms with Crippen LogP contribution in [0.15, 0.2) is 51.7 Å². The molecule has 0 unspecified atom stereocenters. The second kappa shape index (κ2) is 6.68. The Morgan fingerprint density at radius 3 is 2.78 bits per heavy atom. The maximum absolute atomic E-state index is 12.3. The second-order valence-corrected chi connectivity index (χ2v) is 6.98. The van der Waals surface area contributed by atoms with Gasteiger partial charge in [-0.1, -0.05) is 30.4 Å². The topological polar surface area (TPSA) is 51.1 Å². The summed E-state index contributed by atoms with van der Waals surface area (Å²) in [5.74, 6) is -0.183. The van der Waals surface area contributed by atoms with Gasteiger partial charge in [0.25, 0.3) is 5.91 Å². The zero-order valence-electron chi connectivity index (χ0n) is 12.5. The van der Waals surface area contributed by atoms with Crippen LogP contribution in [-0.2, 0) is 6.54 Å². The van der Waals surface area contributed by atoms with Gasteiger partial charge >= 0.3 is 4.87 Å². The molecule has 0 spiro atoms. The van der Waals surface area contributed by atoms with Crippen LogP contribution in [0.3, 0.4) is 0 Å². The summed E-state index contributed by atoms with van der Waals surface area (Å²) in [6.45, 7) is 2.75. The van der Waals surface area contributed by atoms with Gasteiger partial charge in [-0.3, -0.25) is 14.2 Å². The Kier molecular flexibility index (Phi) is 4.63. The van der Waals surface area contributed by atoms with Gasteiger partial charge in [-0.25, -0.2) is 0 Å². The van der Waals surface area contributed by atoms with Crippen LogP contribution in [0.1, 0.15) is 23.7 Å². The molecule has 3 aromatic rings. The lowest BCUT2D eigenvalue weighted by Gasteiger charge is -2.07. The van der Waals surface area contributed by atoms with Crippen LogP contribution in [-0.4, -0.2) is 10.5 Å². The quantitative estimate of drug-likeness (QED) is 0.713. The van der Waals surface area contributed by atoms with Crippen molar-refractivity contribution >= 4 is 49.1 Å². The molecule has 2 aromatic carbocycles. The van der Waals surface area contributed by atoms with E-state index in [2.05, 4.69) is 21.2 Å². The average Bonchev–Trinajstić information content (AvgIpc) is 2.83. The van der Waals surface area contributed by atoms with Gasteiger partial charge in [0.05, 0.1) is 15.8 Å². The fraction of sp³-hybridized carbons (Fsp3) is 0.176. The molecule has 0 aliphatic heterocycles. The van der Waals surface area contributed by atoms with E-state index < -0.39 is 0 Å². The minimum Gasteiger partial charge on any atom is -0.322 e. The molecule has 1 amide bonds. The van der Waals surface area contributed by atoms with Crippen LogP contribution in [0.4, 0.5) is 5.69 Å². The van der Waals surface area contributed by atoms with Crippen LogP contribution in [0.2, 0.25) is 0 Å². The SMILES string of the molecule is CCCn1c(=O)sc2cc(NC(=O)c3ccccc3Br)ccc21. The number of amides is 1. The van der Waals surface area contributed by atoms with E-state index in [0.717, 1.165) is 21.1 Å². The van der Waals surface area contributed by atoms with Crippen molar-refractivity contribution < 1.29 is 4.79 Å². The maximum atomic E-state index is 12.3. The second-order valence-electron chi connectivity index (χ2n) is 5.14. The normalized spacial score (nSPS) is 10.9. The number of nitrogens with zero attached hydrogens (tertiary/aromatic N) is 1. The van der Waals surface area contributed by atoms with E-state index in [9.17, 15) is 9.59 Å². The molecule has 0 saturated heterocycles. The van der Waals surface area contributed by atoms with Crippen LogP contribution >= 0.6 is 27.3 Å². The van der Waals surface area contributed by atoms with E-state index in [1.165, 1.54) is 11.3 Å². The third-order valence-corrected chi connectivity index (χ3v) is 5.13. The lowest BCUT2D eigenvalue weighted by atomic mass is 10.2. The summed E-state index contributed by atoms with van der Waals surface area (Å²) in [4.78, 5) is 24.4. The Morgan fingerprint density at radius 2 is 2.04 bits per heavy atom. The van der Waals surface area contributed by atoms with E-state index in [0.29, 0.717) is 17.8 Å². The van der Waals surface area contributed by atoms with Crippen LogP contribution in [0, 0.1) is 0 Å². The molecular weight excluding hydrogens is 376 g/mol. The van der Waals surface area contributed by atoms with Gasteiger partial charge in [-0.05, 0) is 52.7 Å². The summed E-state index contributed by atoms with van der Waals surface area (Å²) in [5.41, 5.74) is 2.17. The maximum Gasteiger partial charge on any atom is 0.308 e. The van der Waals surface area contributed by atoms with Crippen molar-refractivity contribution in [1.82, 2.24) is 4.57 Å². The number of rotatable bonds is 4. The monoisotopic (exact) mass is 390 g/mol. The number of benzene rings is 2. The summed E-state index contributed by atoms with van der Waals surface area (Å²) < 4.78 is 3.41. The number of aromatic nitrogens is 1. The highest BCUT2D eigenvalue weighted by molar-refractivity contribution is 9.10. The third-order valence-electron chi connectivity index (χ3n) is 3.49. The highest BCUT2D eigenvalue weighted by Gasteiger charge is 2.11. The number of thiazole rings is 1. The van der Waals surface area contributed by atoms with E-state index in [1.54, 1.807) is 10.6 Å². The Morgan fingerprint density at radius 1 is 1.26 bits per heavy atom. The van der Waals surface area contributed by atoms with Gasteiger partial charge in [0, 0.05) is 16.7 Å². The van der Waals surface area contributed by atoms with E-state index in [1.807, 2.05) is 43.3 Å². The van der Waals surface area contributed by atoms with Gasteiger partial charge in [0.2, 0.25) is 0 Å². The zero-order valence-corrected chi connectivity index (χ0v) is 14.9. The van der Waals surface area contributed by atoms with Crippen LogP contribution < -0.4 is 10.2 Å². The molecule has 0 bridgehead atoms. The molecule has 4 nitrogen and oxygen atoms in total. The average molecular weight is 391 g/mol. The van der Waals surface area contributed by atoms with Crippen LogP contribution in [0.5, 0.6) is 0 Å². The number of anilines is 1. The molecule has 0 fully saturated rings. The predicted octanol–water partition coefficient (Wildman–Crippen LogP) is 4.49. The van der Waals surface area contributed by atoms with Crippen molar-refractivity contribution in [2.75, 3.05) is 5.32 Å². The van der Waals surface area contributed by atoms with E-state index in [4.69, 9.17) is 0 Å². The lowest BCUT2D eigenvalue weighted by Crippen LogP contribution is -2.13. The van der Waals surface area contributed by atoms with Gasteiger partial charge in [-0.2, -0.15) is 0 Å². The molecule has 3 rings (SSSR count). The first kappa shape index (κ1) is 16.0. The van der Waals surface area contributed by atoms with Crippen LogP contribution in [0.25, 0.3) is 10.2 Å². The highest BCUT2D eigenvalue weighted by atomic mass is 79.9. The van der Waals surface area contributed by atoms with Crippen molar-refractivity contribution in [3.63, 3.8) is 0 Å². The number of carbonyl (C=O) groups excluding carboxylic acids is 1. The molecule has 0 aliphatic carbocycles. The minimum atomic E-state index is -0.183. The molecule has 6 heteroatoms. The number of halogens is 1. The Balaban J connectivity index is 1.91. The summed E-state index contributed by atoms with van der Waals surface area (Å²) in [5, 5.41) is 2.88. The lowest BCUT2D eigenvalue weighted by molar-refractivity contribution is 0.102. The molecule has 0 atom stereocenters. The van der Waals surface area contributed by atoms with E-state index >= 15 is 0 Å². The smallest absolute Gasteiger partial charge is 0.308 e. The molecule has 1 aromatic heterocycles. The first-order valence-corrected chi connectivity index (χ1v) is 8.90. The predicted molar refractivity (Wildman–Crippen MR) is 98.5 cm³/mol. The number of aryl methyl sites for hydroxylation is 1. The molecule has 23 heavy (non-hydrogen) atoms. The van der Waals surface area contributed by atoms with Gasteiger partial charge in [0.15, 0.2) is 0 Å². The Bertz CT molecular complexity index is 930. The molecule has 0 aliphatic rings. The standard InChI is InChI=1S/C17H15BrN2O2S/c1-2-9-20-14-8-7-11(10-15(14)23-17(20)22)19-16(21)12-5-3-4-6-13(12)18/h3-8,10H,2,9H2,1H3,(H,19,21). The first-order valence-electron chi connectivity index (χ1n) is 7.29. The highest BCUT2D eigenvalue weighted by Crippen LogP contribution is 2.23. The van der Waals surface area contributed by atoms with E-state index in [-0.39, 0.29) is 10.8 Å².